The Morgan fingerprint density at radius 3 is 0.881 bits per heavy atom. The predicted molar refractivity (Wildman–Crippen MR) is 199 cm³/mol. The molecule has 0 radical (unpaired) electrons. The Labute approximate surface area is 378 Å². The van der Waals surface area contributed by atoms with Gasteiger partial charge < -0.3 is 154 Å². The number of aliphatic hydroxyl groups is 20. The Morgan fingerprint density at radius 1 is 0.299 bits per heavy atom. The van der Waals surface area contributed by atoms with E-state index in [2.05, 4.69) is 0 Å². The van der Waals surface area contributed by atoms with Crippen LogP contribution in [0.4, 0.5) is 0 Å². The predicted octanol–water partition coefficient (Wildman–Crippen LogP) is -14.1. The van der Waals surface area contributed by atoms with Crippen molar-refractivity contribution in [1.82, 2.24) is 0 Å². The molecule has 0 amide bonds. The number of hydrogen-bond acceptors (Lipinski definition) is 31. The molecule has 20 N–H and O–H groups in total. The van der Waals surface area contributed by atoms with Crippen LogP contribution in [0.2, 0.25) is 0 Å². The molecule has 6 aliphatic rings. The fourth-order valence-corrected chi connectivity index (χ4v) is 8.66. The molecule has 0 bridgehead atoms. The van der Waals surface area contributed by atoms with Gasteiger partial charge >= 0.3 is 0 Å². The summed E-state index contributed by atoms with van der Waals surface area (Å²) in [4.78, 5) is 0. The van der Waals surface area contributed by atoms with Crippen LogP contribution in [0.5, 0.6) is 0 Å². The molecule has 0 aliphatic carbocycles. The number of rotatable bonds is 21. The Balaban J connectivity index is 1.33. The molecule has 6 heterocycles. The molecule has 25 atom stereocenters. The molecule has 6 fully saturated rings. The summed E-state index contributed by atoms with van der Waals surface area (Å²) in [6, 6.07) is 0. The molecule has 0 saturated carbocycles. The van der Waals surface area contributed by atoms with Gasteiger partial charge in [0.25, 0.3) is 0 Å². The lowest BCUT2D eigenvalue weighted by molar-refractivity contribution is -0.407. The van der Waals surface area contributed by atoms with Crippen molar-refractivity contribution in [1.29, 1.82) is 0 Å². The van der Waals surface area contributed by atoms with E-state index in [0.29, 0.717) is 0 Å². The summed E-state index contributed by atoms with van der Waals surface area (Å²) in [6.45, 7) is -12.4. The summed E-state index contributed by atoms with van der Waals surface area (Å²) in [5.74, 6) is -14.0. The van der Waals surface area contributed by atoms with Gasteiger partial charge in [0, 0.05) is 0 Å². The zero-order valence-electron chi connectivity index (χ0n) is 35.3. The fourth-order valence-electron chi connectivity index (χ4n) is 8.66. The maximum absolute atomic E-state index is 11.5. The third kappa shape index (κ3) is 9.75. The molecule has 31 nitrogen and oxygen atoms in total. The van der Waals surface area contributed by atoms with E-state index in [1.165, 1.54) is 0 Å². The SMILES string of the molecule is OC[C@H]1O[C@@](CO[C@]2(CO[C@]3(CO)O[C@H](CO)[C@@H](O)[C@@H]3O)O[C@H](CO)[C@@H](O)[C@@H]2O)(OC[C@@]2(OC[C@@]3(O[C@H]4O[C@H](CO)[C@@H](O)[C@H](O)[C@H]4O)O[C@H](CO)[C@@H](O)[C@@H]3O)O[C@H](CO)[C@@H](O)[C@@H]2O)[C@@H](O)C1O. The van der Waals surface area contributed by atoms with Crippen LogP contribution in [0.25, 0.3) is 0 Å². The maximum atomic E-state index is 11.5. The second-order valence-corrected chi connectivity index (χ2v) is 17.1. The van der Waals surface area contributed by atoms with Crippen LogP contribution in [0.15, 0.2) is 0 Å². The summed E-state index contributed by atoms with van der Waals surface area (Å²) in [7, 11) is 0. The van der Waals surface area contributed by atoms with Crippen molar-refractivity contribution in [2.24, 2.45) is 0 Å². The lowest BCUT2D eigenvalue weighted by Crippen LogP contribution is -2.64. The van der Waals surface area contributed by atoms with Crippen molar-refractivity contribution in [2.75, 3.05) is 72.7 Å². The molecular formula is C36H62O31. The van der Waals surface area contributed by atoms with E-state index >= 15 is 0 Å². The second kappa shape index (κ2) is 21.5. The second-order valence-electron chi connectivity index (χ2n) is 17.1. The van der Waals surface area contributed by atoms with Crippen molar-refractivity contribution in [2.45, 2.75) is 151 Å². The van der Waals surface area contributed by atoms with Crippen molar-refractivity contribution < 1.29 is 154 Å². The minimum atomic E-state index is -2.90. The lowest BCUT2D eigenvalue weighted by atomic mass is 9.99. The standard InChI is InChI=1S/C36H62O31/c37-1-12-18(44)24(50)25(51)31(61-12)67-36(30(56)23(49)17(6-42)66-36)11-60-35(29(55)22(48)16(5-41)65-35)10-59-34(28(54)21(47)15(4-40)64-34)9-58-33(27(53)20(46)14(3-39)63-33)8-57-32(7-43)26(52)19(45)13(2-38)62-32/h12-31,37-56H,1-11H2/t12-,13-,14-,15-,16-,17-,18-,19-,20-,21?,22-,23-,24+,25-,26+,27+,28+,29+,30+,31-,32-,33-,34-,35-,36+/m1/s1. The third-order valence-corrected chi connectivity index (χ3v) is 12.9. The first-order valence-corrected chi connectivity index (χ1v) is 21.0. The first kappa shape index (κ1) is 55.1. The smallest absolute Gasteiger partial charge is 0.224 e. The monoisotopic (exact) mass is 990 g/mol. The molecule has 0 spiro atoms. The minimum Gasteiger partial charge on any atom is -0.394 e. The fraction of sp³-hybridized carbons (Fsp3) is 1.00. The molecule has 0 aromatic rings. The van der Waals surface area contributed by atoms with Crippen LogP contribution in [0, 0.1) is 0 Å². The van der Waals surface area contributed by atoms with Crippen LogP contribution in [-0.4, -0.2) is 326 Å². The summed E-state index contributed by atoms with van der Waals surface area (Å²) in [5.41, 5.74) is 0. The van der Waals surface area contributed by atoms with E-state index in [9.17, 15) is 102 Å². The molecule has 1 unspecified atom stereocenters. The Morgan fingerprint density at radius 2 is 0.567 bits per heavy atom. The largest absolute Gasteiger partial charge is 0.394 e. The van der Waals surface area contributed by atoms with Gasteiger partial charge in [-0.1, -0.05) is 0 Å². The number of hydrogen-bond donors (Lipinski definition) is 20. The van der Waals surface area contributed by atoms with Crippen molar-refractivity contribution in [3.8, 4) is 0 Å². The molecule has 67 heavy (non-hydrogen) atoms. The maximum Gasteiger partial charge on any atom is 0.224 e. The van der Waals surface area contributed by atoms with E-state index in [1.54, 1.807) is 0 Å². The van der Waals surface area contributed by atoms with Crippen LogP contribution in [0.3, 0.4) is 0 Å². The number of ether oxygens (including phenoxy) is 11. The molecule has 6 saturated heterocycles. The quantitative estimate of drug-likeness (QED) is 0.0508. The van der Waals surface area contributed by atoms with E-state index in [1.807, 2.05) is 0 Å². The van der Waals surface area contributed by atoms with Gasteiger partial charge in [0.2, 0.25) is 28.9 Å². The van der Waals surface area contributed by atoms with Gasteiger partial charge in [-0.2, -0.15) is 0 Å². The highest BCUT2D eigenvalue weighted by atomic mass is 16.8. The van der Waals surface area contributed by atoms with Gasteiger partial charge in [-0.05, 0) is 0 Å². The van der Waals surface area contributed by atoms with Gasteiger partial charge in [-0.25, -0.2) is 0 Å². The van der Waals surface area contributed by atoms with Gasteiger partial charge in [0.15, 0.2) is 6.29 Å². The summed E-state index contributed by atoms with van der Waals surface area (Å²) >= 11 is 0. The topological polar surface area (TPSA) is 506 Å². The van der Waals surface area contributed by atoms with E-state index in [4.69, 9.17) is 52.1 Å². The average Bonchev–Trinajstić information content (AvgIpc) is 4.00. The first-order chi connectivity index (χ1) is 31.6. The van der Waals surface area contributed by atoms with Crippen molar-refractivity contribution >= 4 is 0 Å². The third-order valence-electron chi connectivity index (χ3n) is 12.9. The van der Waals surface area contributed by atoms with Gasteiger partial charge in [0.05, 0.1) is 39.6 Å². The highest BCUT2D eigenvalue weighted by Gasteiger charge is 2.66. The normalized spacial score (nSPS) is 52.5. The van der Waals surface area contributed by atoms with Crippen LogP contribution in [0.1, 0.15) is 0 Å². The number of aliphatic hydroxyl groups excluding tert-OH is 20. The van der Waals surface area contributed by atoms with Crippen molar-refractivity contribution in [3.63, 3.8) is 0 Å². The summed E-state index contributed by atoms with van der Waals surface area (Å²) < 4.78 is 62.6. The summed E-state index contributed by atoms with van der Waals surface area (Å²) in [6.07, 6.45) is -39.7. The molecular weight excluding hydrogens is 928 g/mol. The van der Waals surface area contributed by atoms with E-state index in [0.717, 1.165) is 0 Å². The van der Waals surface area contributed by atoms with Crippen LogP contribution < -0.4 is 0 Å². The zero-order chi connectivity index (χ0) is 49.6. The Bertz CT molecular complexity index is 1590. The zero-order valence-corrected chi connectivity index (χ0v) is 35.3. The molecule has 0 aromatic carbocycles. The molecule has 6 rings (SSSR count). The van der Waals surface area contributed by atoms with Gasteiger partial charge in [-0.3, -0.25) is 0 Å². The average molecular weight is 991 g/mol. The molecule has 0 aromatic heterocycles. The van der Waals surface area contributed by atoms with Crippen molar-refractivity contribution in [3.05, 3.63) is 0 Å². The van der Waals surface area contributed by atoms with Gasteiger partial charge in [0.1, 0.15) is 149 Å². The summed E-state index contributed by atoms with van der Waals surface area (Å²) in [5, 5.41) is 211. The van der Waals surface area contributed by atoms with Gasteiger partial charge in [-0.15, -0.1) is 0 Å². The lowest BCUT2D eigenvalue weighted by Gasteiger charge is -2.45. The van der Waals surface area contributed by atoms with Crippen LogP contribution >= 0.6 is 0 Å². The first-order valence-electron chi connectivity index (χ1n) is 21.0. The highest BCUT2D eigenvalue weighted by molar-refractivity contribution is 5.05. The van der Waals surface area contributed by atoms with Crippen LogP contribution in [-0.2, 0) is 52.1 Å². The molecule has 6 aliphatic heterocycles. The Kier molecular flexibility index (Phi) is 17.6. The highest BCUT2D eigenvalue weighted by Crippen LogP contribution is 2.44. The molecule has 392 valence electrons. The Hall–Kier alpha value is -1.24. The van der Waals surface area contributed by atoms with E-state index in [-0.39, 0.29) is 0 Å². The molecule has 31 heteroatoms. The minimum absolute atomic E-state index is 0.885. The van der Waals surface area contributed by atoms with E-state index < -0.39 is 224 Å².